The van der Waals surface area contributed by atoms with Crippen molar-refractivity contribution < 1.29 is 4.79 Å². The number of likely N-dealkylation sites (tertiary alicyclic amines) is 1. The van der Waals surface area contributed by atoms with Gasteiger partial charge in [-0.05, 0) is 49.6 Å². The highest BCUT2D eigenvalue weighted by molar-refractivity contribution is 5.97. The molecule has 1 aromatic carbocycles. The number of hydrogen-bond donors (Lipinski definition) is 1. The van der Waals surface area contributed by atoms with Gasteiger partial charge in [-0.2, -0.15) is 0 Å². The fourth-order valence-corrected chi connectivity index (χ4v) is 4.09. The highest BCUT2D eigenvalue weighted by Gasteiger charge is 2.23. The van der Waals surface area contributed by atoms with E-state index < -0.39 is 0 Å². The van der Waals surface area contributed by atoms with E-state index in [0.29, 0.717) is 35.5 Å². The van der Waals surface area contributed by atoms with E-state index in [-0.39, 0.29) is 22.5 Å². The minimum atomic E-state index is -0.257. The second-order valence-electron chi connectivity index (χ2n) is 7.51. The minimum absolute atomic E-state index is 0.0384. The number of aromatic nitrogens is 3. The number of rotatable bonds is 2. The Labute approximate surface area is 172 Å². The summed E-state index contributed by atoms with van der Waals surface area (Å²) in [5, 5.41) is 9.18. The number of para-hydroxylation sites is 1. The quantitative estimate of drug-likeness (QED) is 0.526. The van der Waals surface area contributed by atoms with Gasteiger partial charge in [0.2, 0.25) is 0 Å². The summed E-state index contributed by atoms with van der Waals surface area (Å²) in [4.78, 5) is 33.0. The third-order valence-corrected chi connectivity index (χ3v) is 5.62. The van der Waals surface area contributed by atoms with Crippen molar-refractivity contribution in [3.63, 3.8) is 0 Å². The van der Waals surface area contributed by atoms with Gasteiger partial charge in [0.15, 0.2) is 5.65 Å². The van der Waals surface area contributed by atoms with E-state index >= 15 is 0 Å². The molecule has 7 heteroatoms. The molecule has 5 rings (SSSR count). The highest BCUT2D eigenvalue weighted by Crippen LogP contribution is 2.17. The number of nitrogens with zero attached hydrogens (tertiary/aromatic N) is 4. The van der Waals surface area contributed by atoms with Crippen molar-refractivity contribution in [2.24, 2.45) is 0 Å². The average Bonchev–Trinajstić information content (AvgIpc) is 2.80. The van der Waals surface area contributed by atoms with Gasteiger partial charge >= 0.3 is 0 Å². The fourth-order valence-electron chi connectivity index (χ4n) is 4.09. The maximum absolute atomic E-state index is 13.3. The summed E-state index contributed by atoms with van der Waals surface area (Å²) in [6, 6.07) is 16.2. The van der Waals surface area contributed by atoms with Crippen molar-refractivity contribution in [1.82, 2.24) is 18.9 Å². The Kier molecular flexibility index (Phi) is 4.43. The molecule has 0 unspecified atom stereocenters. The molecule has 4 aromatic rings. The van der Waals surface area contributed by atoms with Crippen molar-refractivity contribution in [2.45, 2.75) is 19.3 Å². The summed E-state index contributed by atoms with van der Waals surface area (Å²) in [6.07, 6.45) is 4.69. The lowest BCUT2D eigenvalue weighted by molar-refractivity contribution is 0.0722. The van der Waals surface area contributed by atoms with Crippen molar-refractivity contribution in [3.05, 3.63) is 82.2 Å². The summed E-state index contributed by atoms with van der Waals surface area (Å²) < 4.78 is 3.07. The zero-order chi connectivity index (χ0) is 20.7. The molecule has 4 heterocycles. The zero-order valence-corrected chi connectivity index (χ0v) is 16.4. The maximum atomic E-state index is 13.3. The molecule has 3 aromatic heterocycles. The van der Waals surface area contributed by atoms with Gasteiger partial charge in [0.05, 0.1) is 10.9 Å². The molecule has 0 aliphatic carbocycles. The molecule has 150 valence electrons. The van der Waals surface area contributed by atoms with E-state index in [1.165, 1.54) is 4.40 Å². The predicted molar refractivity (Wildman–Crippen MR) is 114 cm³/mol. The molecule has 0 spiro atoms. The van der Waals surface area contributed by atoms with Crippen LogP contribution in [-0.2, 0) is 0 Å². The number of pyridine rings is 2. The van der Waals surface area contributed by atoms with Crippen LogP contribution in [0.25, 0.3) is 22.4 Å². The Bertz CT molecular complexity index is 1380. The molecular weight excluding hydrogens is 378 g/mol. The molecule has 1 saturated heterocycles. The molecule has 0 radical (unpaired) electrons. The topological polar surface area (TPSA) is 83.5 Å². The largest absolute Gasteiger partial charge is 0.339 e. The van der Waals surface area contributed by atoms with Crippen LogP contribution in [0.1, 0.15) is 29.6 Å². The van der Waals surface area contributed by atoms with E-state index in [1.54, 1.807) is 33.9 Å². The van der Waals surface area contributed by atoms with Crippen molar-refractivity contribution in [1.29, 1.82) is 5.41 Å². The molecule has 0 atom stereocenters. The summed E-state index contributed by atoms with van der Waals surface area (Å²) in [6.45, 7) is 1.35. The lowest BCUT2D eigenvalue weighted by atomic mass is 10.1. The molecule has 1 N–H and O–H groups in total. The first kappa shape index (κ1) is 18.3. The second-order valence-corrected chi connectivity index (χ2v) is 7.51. The number of nitrogens with one attached hydrogen (secondary N) is 1. The Morgan fingerprint density at radius 2 is 1.70 bits per heavy atom. The van der Waals surface area contributed by atoms with E-state index in [9.17, 15) is 9.59 Å². The van der Waals surface area contributed by atoms with Crippen LogP contribution in [0.15, 0.2) is 65.6 Å². The molecular formula is C23H21N5O2. The van der Waals surface area contributed by atoms with Crippen LogP contribution >= 0.6 is 0 Å². The zero-order valence-electron chi connectivity index (χ0n) is 16.4. The molecule has 0 saturated carbocycles. The van der Waals surface area contributed by atoms with E-state index in [1.807, 2.05) is 36.4 Å². The van der Waals surface area contributed by atoms with Crippen LogP contribution in [0, 0.1) is 5.41 Å². The Morgan fingerprint density at radius 1 is 0.967 bits per heavy atom. The smallest absolute Gasteiger partial charge is 0.267 e. The Balaban J connectivity index is 1.86. The van der Waals surface area contributed by atoms with E-state index in [0.717, 1.165) is 19.3 Å². The minimum Gasteiger partial charge on any atom is -0.339 e. The van der Waals surface area contributed by atoms with Gasteiger partial charge in [0.1, 0.15) is 11.1 Å². The monoisotopic (exact) mass is 399 g/mol. The summed E-state index contributed by atoms with van der Waals surface area (Å²) in [7, 11) is 0. The first-order valence-electron chi connectivity index (χ1n) is 10.1. The van der Waals surface area contributed by atoms with Crippen LogP contribution in [-0.4, -0.2) is 37.8 Å². The number of hydrogen-bond acceptors (Lipinski definition) is 4. The fraction of sp³-hybridized carbons (Fsp3) is 0.217. The van der Waals surface area contributed by atoms with Gasteiger partial charge in [0, 0.05) is 25.0 Å². The molecule has 30 heavy (non-hydrogen) atoms. The summed E-state index contributed by atoms with van der Waals surface area (Å²) >= 11 is 0. The van der Waals surface area contributed by atoms with Gasteiger partial charge < -0.3 is 4.90 Å². The third kappa shape index (κ3) is 2.90. The van der Waals surface area contributed by atoms with Crippen LogP contribution in [0.5, 0.6) is 0 Å². The van der Waals surface area contributed by atoms with Crippen LogP contribution in [0.3, 0.4) is 0 Å². The lowest BCUT2D eigenvalue weighted by Gasteiger charge is -2.27. The van der Waals surface area contributed by atoms with Gasteiger partial charge in [-0.15, -0.1) is 0 Å². The molecule has 1 amide bonds. The number of benzene rings is 1. The third-order valence-electron chi connectivity index (χ3n) is 5.62. The molecule has 1 fully saturated rings. The molecule has 0 bridgehead atoms. The summed E-state index contributed by atoms with van der Waals surface area (Å²) in [5.41, 5.74) is 1.56. The number of fused-ring (bicyclic) bond motifs is 2. The highest BCUT2D eigenvalue weighted by atomic mass is 16.2. The number of carbonyl (C=O) groups excluding carboxylic acids is 1. The predicted octanol–water partition coefficient (Wildman–Crippen LogP) is 2.74. The lowest BCUT2D eigenvalue weighted by Crippen LogP contribution is -2.40. The van der Waals surface area contributed by atoms with E-state index in [2.05, 4.69) is 4.98 Å². The Morgan fingerprint density at radius 3 is 2.47 bits per heavy atom. The van der Waals surface area contributed by atoms with Gasteiger partial charge in [-0.25, -0.2) is 4.98 Å². The molecule has 1 aliphatic heterocycles. The number of piperidine rings is 1. The SMILES string of the molecule is N=c1c(C(=O)N2CCCCC2)cc2c(=O)n3ccccc3nc2n1-c1ccccc1. The Hall–Kier alpha value is -3.74. The second kappa shape index (κ2) is 7.26. The first-order chi connectivity index (χ1) is 14.6. The maximum Gasteiger partial charge on any atom is 0.267 e. The van der Waals surface area contributed by atoms with Gasteiger partial charge in [-0.1, -0.05) is 24.3 Å². The van der Waals surface area contributed by atoms with Gasteiger partial charge in [0.25, 0.3) is 11.5 Å². The van der Waals surface area contributed by atoms with Crippen molar-refractivity contribution in [2.75, 3.05) is 13.1 Å². The van der Waals surface area contributed by atoms with Crippen LogP contribution < -0.4 is 11.0 Å². The van der Waals surface area contributed by atoms with Crippen LogP contribution in [0.2, 0.25) is 0 Å². The van der Waals surface area contributed by atoms with E-state index in [4.69, 9.17) is 5.41 Å². The average molecular weight is 399 g/mol. The van der Waals surface area contributed by atoms with Crippen molar-refractivity contribution >= 4 is 22.6 Å². The van der Waals surface area contributed by atoms with Crippen molar-refractivity contribution in [3.8, 4) is 5.69 Å². The van der Waals surface area contributed by atoms with Crippen LogP contribution in [0.4, 0.5) is 0 Å². The number of amides is 1. The standard InChI is InChI=1S/C23H21N5O2/c24-20-17(22(29)26-12-6-2-7-13-26)15-18-21(28(20)16-9-3-1-4-10-16)25-19-11-5-8-14-27(19)23(18)30/h1,3-5,8-11,14-15,24H,2,6-7,12-13H2. The molecule has 7 nitrogen and oxygen atoms in total. The van der Waals surface area contributed by atoms with Gasteiger partial charge in [-0.3, -0.25) is 24.0 Å². The normalized spacial score (nSPS) is 14.3. The molecule has 1 aliphatic rings. The number of carbonyl (C=O) groups is 1. The summed E-state index contributed by atoms with van der Waals surface area (Å²) in [5.74, 6) is -0.205. The first-order valence-corrected chi connectivity index (χ1v) is 10.1.